The van der Waals surface area contributed by atoms with Crippen molar-refractivity contribution in [1.82, 2.24) is 16.3 Å². The van der Waals surface area contributed by atoms with Crippen molar-refractivity contribution in [1.29, 1.82) is 0 Å². The third kappa shape index (κ3) is 5.90. The predicted molar refractivity (Wildman–Crippen MR) is 111 cm³/mol. The normalized spacial score (nSPS) is 19.0. The van der Waals surface area contributed by atoms with Crippen LogP contribution in [0.3, 0.4) is 0 Å². The Bertz CT molecular complexity index is 762. The third-order valence-electron chi connectivity index (χ3n) is 4.71. The van der Waals surface area contributed by atoms with Gasteiger partial charge in [0.15, 0.2) is 0 Å². The number of carbonyl (C=O) groups is 1. The average molecular weight is 380 g/mol. The van der Waals surface area contributed by atoms with Crippen LogP contribution < -0.4 is 21.0 Å². The zero-order chi connectivity index (χ0) is 19.6. The molecular weight excluding hydrogens is 352 g/mol. The van der Waals surface area contributed by atoms with E-state index < -0.39 is 0 Å². The number of nitrogens with one attached hydrogen (secondary N) is 3. The van der Waals surface area contributed by atoms with Gasteiger partial charge in [0.05, 0.1) is 12.8 Å². The van der Waals surface area contributed by atoms with E-state index in [-0.39, 0.29) is 18.0 Å². The highest BCUT2D eigenvalue weighted by Crippen LogP contribution is 2.24. The second kappa shape index (κ2) is 10.6. The number of carbonyl (C=O) groups excluding carboxylic acids is 1. The Morgan fingerprint density at radius 2 is 1.93 bits per heavy atom. The Morgan fingerprint density at radius 1 is 1.14 bits per heavy atom. The molecule has 0 aromatic heterocycles. The summed E-state index contributed by atoms with van der Waals surface area (Å²) in [7, 11) is 0. The maximum absolute atomic E-state index is 12.3. The van der Waals surface area contributed by atoms with Gasteiger partial charge in [-0.05, 0) is 36.1 Å². The molecule has 1 aliphatic rings. The monoisotopic (exact) mass is 380 g/mol. The minimum atomic E-state index is -0.331. The Kier molecular flexibility index (Phi) is 7.58. The van der Waals surface area contributed by atoms with Gasteiger partial charge in [0.1, 0.15) is 11.8 Å². The molecule has 2 unspecified atom stereocenters. The molecule has 0 bridgehead atoms. The highest BCUT2D eigenvalue weighted by atomic mass is 16.5. The van der Waals surface area contributed by atoms with Crippen molar-refractivity contribution >= 4 is 12.1 Å². The molecule has 2 atom stereocenters. The van der Waals surface area contributed by atoms with Crippen molar-refractivity contribution in [3.8, 4) is 5.75 Å². The van der Waals surface area contributed by atoms with Crippen molar-refractivity contribution in [3.63, 3.8) is 0 Å². The zero-order valence-electron chi connectivity index (χ0n) is 16.2. The van der Waals surface area contributed by atoms with Gasteiger partial charge in [0.2, 0.25) is 0 Å². The number of hydrazone groups is 1. The van der Waals surface area contributed by atoms with Gasteiger partial charge in [-0.15, -0.1) is 0 Å². The highest BCUT2D eigenvalue weighted by molar-refractivity contribution is 5.85. The summed E-state index contributed by atoms with van der Waals surface area (Å²) in [6.45, 7) is 2.93. The van der Waals surface area contributed by atoms with E-state index in [2.05, 4.69) is 28.3 Å². The van der Waals surface area contributed by atoms with E-state index in [0.29, 0.717) is 6.42 Å². The molecule has 0 spiro atoms. The molecule has 0 radical (unpaired) electrons. The van der Waals surface area contributed by atoms with Crippen LogP contribution in [0.4, 0.5) is 0 Å². The maximum atomic E-state index is 12.3. The van der Waals surface area contributed by atoms with Crippen LogP contribution in [0.25, 0.3) is 0 Å². The molecule has 1 aliphatic heterocycles. The van der Waals surface area contributed by atoms with Gasteiger partial charge in [0, 0.05) is 6.04 Å². The van der Waals surface area contributed by atoms with Crippen LogP contribution in [-0.2, 0) is 4.79 Å². The molecule has 3 N–H and O–H groups in total. The van der Waals surface area contributed by atoms with Gasteiger partial charge in [-0.1, -0.05) is 62.2 Å². The van der Waals surface area contributed by atoms with Crippen LogP contribution in [0.15, 0.2) is 59.7 Å². The minimum absolute atomic E-state index is 0.0722. The van der Waals surface area contributed by atoms with E-state index in [1.807, 2.05) is 54.6 Å². The lowest BCUT2D eigenvalue weighted by Gasteiger charge is -2.11. The second-order valence-corrected chi connectivity index (χ2v) is 6.90. The van der Waals surface area contributed by atoms with Gasteiger partial charge < -0.3 is 4.74 Å². The van der Waals surface area contributed by atoms with Crippen LogP contribution >= 0.6 is 0 Å². The summed E-state index contributed by atoms with van der Waals surface area (Å²) in [4.78, 5) is 12.3. The third-order valence-corrected chi connectivity index (χ3v) is 4.71. The molecule has 28 heavy (non-hydrogen) atoms. The molecule has 6 nitrogen and oxygen atoms in total. The molecule has 1 amide bonds. The first-order valence-electron chi connectivity index (χ1n) is 9.88. The molecule has 1 fully saturated rings. The largest absolute Gasteiger partial charge is 0.494 e. The number of benzene rings is 2. The Hall–Kier alpha value is -2.70. The molecule has 1 saturated heterocycles. The van der Waals surface area contributed by atoms with E-state index >= 15 is 0 Å². The number of hydrazine groups is 1. The highest BCUT2D eigenvalue weighted by Gasteiger charge is 2.30. The van der Waals surface area contributed by atoms with Crippen LogP contribution in [0.5, 0.6) is 5.75 Å². The lowest BCUT2D eigenvalue weighted by atomic mass is 10.0. The SMILES string of the molecule is CCCCCOc1ccc(C2CC(C(=O)N/N=C/c3ccccc3)NN2)cc1. The van der Waals surface area contributed by atoms with Crippen molar-refractivity contribution < 1.29 is 9.53 Å². The molecule has 0 aliphatic carbocycles. The van der Waals surface area contributed by atoms with Crippen LogP contribution in [-0.4, -0.2) is 24.8 Å². The van der Waals surface area contributed by atoms with E-state index in [9.17, 15) is 4.79 Å². The summed E-state index contributed by atoms with van der Waals surface area (Å²) in [6.07, 6.45) is 5.75. The Morgan fingerprint density at radius 3 is 2.68 bits per heavy atom. The summed E-state index contributed by atoms with van der Waals surface area (Å²) in [5, 5.41) is 4.03. The summed E-state index contributed by atoms with van der Waals surface area (Å²) in [5.74, 6) is 0.730. The average Bonchev–Trinajstić information content (AvgIpc) is 3.23. The quantitative estimate of drug-likeness (QED) is 0.354. The number of amides is 1. The molecule has 2 aromatic carbocycles. The smallest absolute Gasteiger partial charge is 0.258 e. The molecule has 3 rings (SSSR count). The van der Waals surface area contributed by atoms with Gasteiger partial charge in [-0.2, -0.15) is 5.10 Å². The number of unbranched alkanes of at least 4 members (excludes halogenated alkanes) is 2. The fourth-order valence-corrected chi connectivity index (χ4v) is 3.07. The van der Waals surface area contributed by atoms with Gasteiger partial charge >= 0.3 is 0 Å². The van der Waals surface area contributed by atoms with Crippen LogP contribution in [0.1, 0.15) is 49.8 Å². The van der Waals surface area contributed by atoms with E-state index in [0.717, 1.165) is 29.9 Å². The van der Waals surface area contributed by atoms with Gasteiger partial charge in [-0.25, -0.2) is 16.3 Å². The van der Waals surface area contributed by atoms with Gasteiger partial charge in [-0.3, -0.25) is 4.79 Å². The summed E-state index contributed by atoms with van der Waals surface area (Å²) >= 11 is 0. The first kappa shape index (κ1) is 20.0. The number of hydrogen-bond acceptors (Lipinski definition) is 5. The van der Waals surface area contributed by atoms with Crippen molar-refractivity contribution in [3.05, 3.63) is 65.7 Å². The van der Waals surface area contributed by atoms with E-state index in [1.54, 1.807) is 6.21 Å². The number of nitrogens with zero attached hydrogens (tertiary/aromatic N) is 1. The Balaban J connectivity index is 1.45. The lowest BCUT2D eigenvalue weighted by Crippen LogP contribution is -2.41. The zero-order valence-corrected chi connectivity index (χ0v) is 16.2. The second-order valence-electron chi connectivity index (χ2n) is 6.90. The predicted octanol–water partition coefficient (Wildman–Crippen LogP) is 3.31. The van der Waals surface area contributed by atoms with Crippen LogP contribution in [0.2, 0.25) is 0 Å². The van der Waals surface area contributed by atoms with Crippen molar-refractivity contribution in [2.75, 3.05) is 6.61 Å². The molecular formula is C22H28N4O2. The van der Waals surface area contributed by atoms with Gasteiger partial charge in [0.25, 0.3) is 5.91 Å². The minimum Gasteiger partial charge on any atom is -0.494 e. The summed E-state index contributed by atoms with van der Waals surface area (Å²) in [6, 6.07) is 17.5. The first-order chi connectivity index (χ1) is 13.8. The van der Waals surface area contributed by atoms with E-state index in [1.165, 1.54) is 12.8 Å². The topological polar surface area (TPSA) is 74.8 Å². The number of rotatable bonds is 9. The lowest BCUT2D eigenvalue weighted by molar-refractivity contribution is -0.122. The Labute approximate surface area is 166 Å². The molecule has 6 heteroatoms. The fourth-order valence-electron chi connectivity index (χ4n) is 3.07. The molecule has 148 valence electrons. The maximum Gasteiger partial charge on any atom is 0.258 e. The van der Waals surface area contributed by atoms with Crippen LogP contribution in [0, 0.1) is 0 Å². The summed E-state index contributed by atoms with van der Waals surface area (Å²) in [5.41, 5.74) is 10.9. The molecule has 2 aromatic rings. The number of hydrogen-bond donors (Lipinski definition) is 3. The van der Waals surface area contributed by atoms with Crippen molar-refractivity contribution in [2.45, 2.75) is 44.7 Å². The number of ether oxygens (including phenoxy) is 1. The van der Waals surface area contributed by atoms with E-state index in [4.69, 9.17) is 4.74 Å². The summed E-state index contributed by atoms with van der Waals surface area (Å²) < 4.78 is 5.75. The molecule has 0 saturated carbocycles. The fraction of sp³-hybridized carbons (Fsp3) is 0.364. The molecule has 1 heterocycles. The van der Waals surface area contributed by atoms with Crippen molar-refractivity contribution in [2.24, 2.45) is 5.10 Å². The standard InChI is InChI=1S/C22H28N4O2/c1-2-3-7-14-28-19-12-10-18(11-13-19)20-15-21(25-24-20)22(27)26-23-16-17-8-5-4-6-9-17/h4-6,8-13,16,20-21,24-25H,2-3,7,14-15H2,1H3,(H,26,27)/b23-16+. The first-order valence-corrected chi connectivity index (χ1v) is 9.88.